The Hall–Kier alpha value is -2.24. The van der Waals surface area contributed by atoms with Crippen molar-refractivity contribution in [2.45, 2.75) is 6.92 Å². The van der Waals surface area contributed by atoms with Gasteiger partial charge in [-0.3, -0.25) is 5.32 Å². The van der Waals surface area contributed by atoms with Crippen LogP contribution in [0, 0.1) is 0 Å². The summed E-state index contributed by atoms with van der Waals surface area (Å²) < 4.78 is 4.65. The van der Waals surface area contributed by atoms with Crippen LogP contribution < -0.4 is 11.1 Å². The number of carboxylic acids is 1. The predicted octanol–water partition coefficient (Wildman–Crippen LogP) is 1.54. The van der Waals surface area contributed by atoms with Gasteiger partial charge in [0.15, 0.2) is 0 Å². The van der Waals surface area contributed by atoms with Crippen LogP contribution in [-0.2, 0) is 4.74 Å². The van der Waals surface area contributed by atoms with E-state index in [1.807, 2.05) is 0 Å². The van der Waals surface area contributed by atoms with Crippen LogP contribution in [-0.4, -0.2) is 23.8 Å². The average Bonchev–Trinajstić information content (AvgIpc) is 2.21. The van der Waals surface area contributed by atoms with Crippen molar-refractivity contribution in [3.05, 3.63) is 23.8 Å². The molecule has 0 bridgehead atoms. The number of nitrogens with two attached hydrogens (primary N) is 1. The fourth-order valence-electron chi connectivity index (χ4n) is 1.10. The molecule has 6 nitrogen and oxygen atoms in total. The van der Waals surface area contributed by atoms with Crippen LogP contribution in [0.3, 0.4) is 0 Å². The van der Waals surface area contributed by atoms with E-state index in [0.29, 0.717) is 5.69 Å². The maximum Gasteiger partial charge on any atom is 0.411 e. The molecule has 0 aliphatic heterocycles. The summed E-state index contributed by atoms with van der Waals surface area (Å²) in [6.45, 7) is 1.91. The molecule has 0 unspecified atom stereocenters. The number of benzene rings is 1. The van der Waals surface area contributed by atoms with Crippen molar-refractivity contribution in [1.29, 1.82) is 0 Å². The van der Waals surface area contributed by atoms with E-state index >= 15 is 0 Å². The first-order chi connectivity index (χ1) is 7.54. The number of ether oxygens (including phenoxy) is 1. The summed E-state index contributed by atoms with van der Waals surface area (Å²) in [5, 5.41) is 11.2. The van der Waals surface area contributed by atoms with Crippen LogP contribution in [0.15, 0.2) is 18.2 Å². The standard InChI is InChI=1S/C10H12N2O4/c1-2-16-10(15)12-6-3-4-8(11)7(5-6)9(13)14/h3-5H,2,11H2,1H3,(H,12,15)(H,13,14). The zero-order chi connectivity index (χ0) is 12.1. The summed E-state index contributed by atoms with van der Waals surface area (Å²) in [6, 6.07) is 4.18. The third kappa shape index (κ3) is 2.88. The van der Waals surface area contributed by atoms with E-state index in [2.05, 4.69) is 10.1 Å². The Morgan fingerprint density at radius 2 is 2.19 bits per heavy atom. The summed E-state index contributed by atoms with van der Waals surface area (Å²) in [5.41, 5.74) is 5.86. The number of nitrogens with one attached hydrogen (secondary N) is 1. The summed E-state index contributed by atoms with van der Waals surface area (Å²) in [5.74, 6) is -1.15. The highest BCUT2D eigenvalue weighted by Gasteiger charge is 2.10. The Morgan fingerprint density at radius 3 is 2.75 bits per heavy atom. The summed E-state index contributed by atoms with van der Waals surface area (Å²) >= 11 is 0. The first kappa shape index (κ1) is 11.8. The van der Waals surface area contributed by atoms with Gasteiger partial charge in [-0.1, -0.05) is 0 Å². The van der Waals surface area contributed by atoms with Crippen molar-refractivity contribution >= 4 is 23.4 Å². The summed E-state index contributed by atoms with van der Waals surface area (Å²) in [6.07, 6.45) is -0.636. The van der Waals surface area contributed by atoms with Crippen LogP contribution >= 0.6 is 0 Å². The third-order valence-electron chi connectivity index (χ3n) is 1.81. The lowest BCUT2D eigenvalue weighted by Gasteiger charge is -2.07. The predicted molar refractivity (Wildman–Crippen MR) is 58.5 cm³/mol. The Morgan fingerprint density at radius 1 is 1.50 bits per heavy atom. The SMILES string of the molecule is CCOC(=O)Nc1ccc(N)c(C(=O)O)c1. The van der Waals surface area contributed by atoms with E-state index < -0.39 is 12.1 Å². The molecule has 1 rings (SSSR count). The van der Waals surface area contributed by atoms with Gasteiger partial charge in [-0.15, -0.1) is 0 Å². The highest BCUT2D eigenvalue weighted by molar-refractivity contribution is 5.96. The molecule has 0 saturated heterocycles. The number of anilines is 2. The number of rotatable bonds is 3. The second kappa shape index (κ2) is 5.01. The van der Waals surface area contributed by atoms with Gasteiger partial charge in [-0.05, 0) is 25.1 Å². The molecule has 1 aromatic rings. The van der Waals surface area contributed by atoms with Gasteiger partial charge in [0.25, 0.3) is 0 Å². The molecule has 0 atom stereocenters. The Labute approximate surface area is 92.0 Å². The number of hydrogen-bond donors (Lipinski definition) is 3. The molecule has 1 aromatic carbocycles. The van der Waals surface area contributed by atoms with Gasteiger partial charge in [-0.2, -0.15) is 0 Å². The monoisotopic (exact) mass is 224 g/mol. The lowest BCUT2D eigenvalue weighted by Crippen LogP contribution is -2.14. The van der Waals surface area contributed by atoms with Gasteiger partial charge in [0, 0.05) is 11.4 Å². The van der Waals surface area contributed by atoms with Crippen molar-refractivity contribution in [2.24, 2.45) is 0 Å². The lowest BCUT2D eigenvalue weighted by molar-refractivity contribution is 0.0698. The number of carbonyl (C=O) groups is 2. The minimum absolute atomic E-state index is 0.0608. The van der Waals surface area contributed by atoms with Crippen LogP contribution in [0.4, 0.5) is 16.2 Å². The van der Waals surface area contributed by atoms with E-state index in [1.165, 1.54) is 18.2 Å². The molecule has 0 aliphatic rings. The molecule has 0 aromatic heterocycles. The summed E-state index contributed by atoms with van der Waals surface area (Å²) in [4.78, 5) is 21.8. The molecule has 0 fully saturated rings. The number of amides is 1. The Balaban J connectivity index is 2.87. The molecule has 0 radical (unpaired) electrons. The fraction of sp³-hybridized carbons (Fsp3) is 0.200. The molecular weight excluding hydrogens is 212 g/mol. The number of carboxylic acid groups (broad SMARTS) is 1. The summed E-state index contributed by atoms with van der Waals surface area (Å²) in [7, 11) is 0. The highest BCUT2D eigenvalue weighted by atomic mass is 16.5. The molecule has 86 valence electrons. The molecule has 0 saturated carbocycles. The van der Waals surface area contributed by atoms with E-state index in [4.69, 9.17) is 10.8 Å². The normalized spacial score (nSPS) is 9.56. The highest BCUT2D eigenvalue weighted by Crippen LogP contribution is 2.17. The molecule has 0 aliphatic carbocycles. The molecule has 16 heavy (non-hydrogen) atoms. The molecule has 0 heterocycles. The lowest BCUT2D eigenvalue weighted by atomic mass is 10.1. The van der Waals surface area contributed by atoms with Crippen molar-refractivity contribution in [2.75, 3.05) is 17.7 Å². The number of nitrogen functional groups attached to an aromatic ring is 1. The van der Waals surface area contributed by atoms with E-state index in [-0.39, 0.29) is 17.9 Å². The fourth-order valence-corrected chi connectivity index (χ4v) is 1.10. The van der Waals surface area contributed by atoms with Crippen LogP contribution in [0.2, 0.25) is 0 Å². The molecule has 4 N–H and O–H groups in total. The van der Waals surface area contributed by atoms with Gasteiger partial charge < -0.3 is 15.6 Å². The zero-order valence-corrected chi connectivity index (χ0v) is 8.69. The smallest absolute Gasteiger partial charge is 0.411 e. The minimum atomic E-state index is -1.15. The van der Waals surface area contributed by atoms with E-state index in [0.717, 1.165) is 0 Å². The Bertz CT molecular complexity index is 417. The van der Waals surface area contributed by atoms with Crippen LogP contribution in [0.25, 0.3) is 0 Å². The van der Waals surface area contributed by atoms with E-state index in [1.54, 1.807) is 6.92 Å². The maximum absolute atomic E-state index is 11.1. The maximum atomic E-state index is 11.1. The molecule has 6 heteroatoms. The largest absolute Gasteiger partial charge is 0.478 e. The first-order valence-corrected chi connectivity index (χ1v) is 4.61. The van der Waals surface area contributed by atoms with Crippen LogP contribution in [0.5, 0.6) is 0 Å². The van der Waals surface area contributed by atoms with Crippen LogP contribution in [0.1, 0.15) is 17.3 Å². The topological polar surface area (TPSA) is 102 Å². The first-order valence-electron chi connectivity index (χ1n) is 4.61. The zero-order valence-electron chi connectivity index (χ0n) is 8.69. The van der Waals surface area contributed by atoms with Gasteiger partial charge in [0.05, 0.1) is 12.2 Å². The average molecular weight is 224 g/mol. The molecular formula is C10H12N2O4. The number of hydrogen-bond acceptors (Lipinski definition) is 4. The molecule has 0 spiro atoms. The van der Waals surface area contributed by atoms with Gasteiger partial charge >= 0.3 is 12.1 Å². The van der Waals surface area contributed by atoms with Crippen molar-refractivity contribution in [1.82, 2.24) is 0 Å². The van der Waals surface area contributed by atoms with Gasteiger partial charge in [0.1, 0.15) is 0 Å². The Kier molecular flexibility index (Phi) is 3.71. The van der Waals surface area contributed by atoms with Gasteiger partial charge in [0.2, 0.25) is 0 Å². The second-order valence-corrected chi connectivity index (χ2v) is 2.95. The number of carbonyl (C=O) groups excluding carboxylic acids is 1. The molecule has 1 amide bonds. The van der Waals surface area contributed by atoms with Gasteiger partial charge in [-0.25, -0.2) is 9.59 Å². The van der Waals surface area contributed by atoms with Crippen molar-refractivity contribution in [3.63, 3.8) is 0 Å². The minimum Gasteiger partial charge on any atom is -0.478 e. The number of aromatic carboxylic acids is 1. The second-order valence-electron chi connectivity index (χ2n) is 2.95. The van der Waals surface area contributed by atoms with Crippen molar-refractivity contribution < 1.29 is 19.4 Å². The van der Waals surface area contributed by atoms with E-state index in [9.17, 15) is 9.59 Å². The third-order valence-corrected chi connectivity index (χ3v) is 1.81. The van der Waals surface area contributed by atoms with Crippen molar-refractivity contribution in [3.8, 4) is 0 Å². The quantitative estimate of drug-likeness (QED) is 0.676.